The number of hydrogen-bond acceptors (Lipinski definition) is 4. The van der Waals surface area contributed by atoms with E-state index in [1.165, 1.54) is 7.11 Å². The van der Waals surface area contributed by atoms with Gasteiger partial charge < -0.3 is 4.74 Å². The molecule has 2 aromatic rings. The SMILES string of the molecule is COC(=O)c1cc(Br)ccc1CC(=O)Cc1ccccn1. The molecule has 5 heteroatoms. The lowest BCUT2D eigenvalue weighted by Gasteiger charge is -2.08. The first-order valence-electron chi connectivity index (χ1n) is 6.38. The smallest absolute Gasteiger partial charge is 0.338 e. The van der Waals surface area contributed by atoms with Gasteiger partial charge in [-0.1, -0.05) is 28.1 Å². The molecule has 0 unspecified atom stereocenters. The minimum absolute atomic E-state index is 0.00109. The van der Waals surface area contributed by atoms with Crippen molar-refractivity contribution in [1.29, 1.82) is 0 Å². The van der Waals surface area contributed by atoms with Crippen LogP contribution in [0.4, 0.5) is 0 Å². The van der Waals surface area contributed by atoms with Crippen LogP contribution in [0.3, 0.4) is 0 Å². The van der Waals surface area contributed by atoms with Crippen molar-refractivity contribution in [2.45, 2.75) is 12.8 Å². The molecule has 1 aromatic heterocycles. The summed E-state index contributed by atoms with van der Waals surface area (Å²) in [6.45, 7) is 0. The van der Waals surface area contributed by atoms with Crippen LogP contribution in [0.2, 0.25) is 0 Å². The van der Waals surface area contributed by atoms with Crippen molar-refractivity contribution in [3.05, 3.63) is 63.9 Å². The topological polar surface area (TPSA) is 56.3 Å². The summed E-state index contributed by atoms with van der Waals surface area (Å²) >= 11 is 3.31. The van der Waals surface area contributed by atoms with Gasteiger partial charge in [0.25, 0.3) is 0 Å². The average Bonchev–Trinajstić information content (AvgIpc) is 2.49. The second-order valence-electron chi connectivity index (χ2n) is 4.51. The van der Waals surface area contributed by atoms with Gasteiger partial charge in [-0.15, -0.1) is 0 Å². The Kier molecular flexibility index (Phi) is 5.22. The van der Waals surface area contributed by atoms with Gasteiger partial charge in [0.15, 0.2) is 0 Å². The number of carbonyl (C=O) groups excluding carboxylic acids is 2. The third-order valence-electron chi connectivity index (χ3n) is 2.97. The number of ether oxygens (including phenoxy) is 1. The first-order valence-corrected chi connectivity index (χ1v) is 7.18. The second-order valence-corrected chi connectivity index (χ2v) is 5.42. The molecule has 0 saturated carbocycles. The van der Waals surface area contributed by atoms with Gasteiger partial charge in [-0.25, -0.2) is 4.79 Å². The molecular formula is C16H14BrNO3. The minimum atomic E-state index is -0.447. The molecule has 0 spiro atoms. The van der Waals surface area contributed by atoms with Crippen LogP contribution in [0, 0.1) is 0 Å². The molecule has 0 N–H and O–H groups in total. The van der Waals surface area contributed by atoms with E-state index < -0.39 is 5.97 Å². The van der Waals surface area contributed by atoms with Gasteiger partial charge in [0.1, 0.15) is 5.78 Å². The Balaban J connectivity index is 2.15. The zero-order valence-electron chi connectivity index (χ0n) is 11.5. The van der Waals surface area contributed by atoms with Crippen LogP contribution in [0.1, 0.15) is 21.6 Å². The van der Waals surface area contributed by atoms with Crippen LogP contribution in [-0.4, -0.2) is 23.8 Å². The molecular weight excluding hydrogens is 334 g/mol. The summed E-state index contributed by atoms with van der Waals surface area (Å²) in [5, 5.41) is 0. The molecule has 0 amide bonds. The number of aromatic nitrogens is 1. The van der Waals surface area contributed by atoms with E-state index >= 15 is 0 Å². The molecule has 108 valence electrons. The molecule has 0 aliphatic heterocycles. The number of pyridine rings is 1. The molecule has 0 radical (unpaired) electrons. The van der Waals surface area contributed by atoms with E-state index in [0.717, 1.165) is 10.2 Å². The molecule has 0 aliphatic rings. The summed E-state index contributed by atoms with van der Waals surface area (Å²) in [7, 11) is 1.32. The molecule has 0 bridgehead atoms. The molecule has 1 aromatic carbocycles. The number of halogens is 1. The maximum Gasteiger partial charge on any atom is 0.338 e. The van der Waals surface area contributed by atoms with Gasteiger partial charge in [0.05, 0.1) is 12.7 Å². The van der Waals surface area contributed by atoms with E-state index in [1.54, 1.807) is 36.5 Å². The summed E-state index contributed by atoms with van der Waals surface area (Å²) in [6.07, 6.45) is 2.08. The molecule has 0 saturated heterocycles. The Morgan fingerprint density at radius 1 is 1.19 bits per heavy atom. The maximum atomic E-state index is 12.1. The summed E-state index contributed by atoms with van der Waals surface area (Å²) in [6, 6.07) is 10.7. The van der Waals surface area contributed by atoms with Gasteiger partial charge in [0.2, 0.25) is 0 Å². The third kappa shape index (κ3) is 4.23. The van der Waals surface area contributed by atoms with Gasteiger partial charge in [-0.05, 0) is 29.8 Å². The molecule has 2 rings (SSSR count). The predicted octanol–water partition coefficient (Wildman–Crippen LogP) is 2.99. The number of carbonyl (C=O) groups is 2. The second kappa shape index (κ2) is 7.13. The summed E-state index contributed by atoms with van der Waals surface area (Å²) in [4.78, 5) is 28.0. The zero-order chi connectivity index (χ0) is 15.2. The Labute approximate surface area is 131 Å². The first kappa shape index (κ1) is 15.4. The van der Waals surface area contributed by atoms with Crippen molar-refractivity contribution < 1.29 is 14.3 Å². The summed E-state index contributed by atoms with van der Waals surface area (Å²) in [5.41, 5.74) is 1.78. The highest BCUT2D eigenvalue weighted by atomic mass is 79.9. The Hall–Kier alpha value is -2.01. The van der Waals surface area contributed by atoms with Gasteiger partial charge >= 0.3 is 5.97 Å². The van der Waals surface area contributed by atoms with Crippen molar-refractivity contribution in [2.24, 2.45) is 0 Å². The van der Waals surface area contributed by atoms with Crippen LogP contribution < -0.4 is 0 Å². The molecule has 0 fully saturated rings. The fourth-order valence-corrected chi connectivity index (χ4v) is 2.34. The van der Waals surface area contributed by atoms with Crippen molar-refractivity contribution in [3.8, 4) is 0 Å². The highest BCUT2D eigenvalue weighted by molar-refractivity contribution is 9.10. The van der Waals surface area contributed by atoms with Gasteiger partial charge in [0, 0.05) is 29.2 Å². The maximum absolute atomic E-state index is 12.1. The van der Waals surface area contributed by atoms with E-state index in [-0.39, 0.29) is 18.6 Å². The normalized spacial score (nSPS) is 10.2. The quantitative estimate of drug-likeness (QED) is 0.780. The average molecular weight is 348 g/mol. The standard InChI is InChI=1S/C16H14BrNO3/c1-21-16(20)15-9-12(17)6-5-11(15)8-14(19)10-13-4-2-3-7-18-13/h2-7,9H,8,10H2,1H3. The van der Waals surface area contributed by atoms with Crippen LogP contribution >= 0.6 is 15.9 Å². The monoisotopic (exact) mass is 347 g/mol. The van der Waals surface area contributed by atoms with Crippen LogP contribution in [-0.2, 0) is 22.4 Å². The number of Topliss-reactive ketones (excluding diaryl/α,β-unsaturated/α-hetero) is 1. The first-order chi connectivity index (χ1) is 10.1. The molecule has 21 heavy (non-hydrogen) atoms. The lowest BCUT2D eigenvalue weighted by atomic mass is 10.0. The Morgan fingerprint density at radius 3 is 2.67 bits per heavy atom. The number of hydrogen-bond donors (Lipinski definition) is 0. The fraction of sp³-hybridized carbons (Fsp3) is 0.188. The Bertz CT molecular complexity index is 656. The third-order valence-corrected chi connectivity index (χ3v) is 3.46. The number of methoxy groups -OCH3 is 1. The molecule has 1 heterocycles. The zero-order valence-corrected chi connectivity index (χ0v) is 13.1. The molecule has 0 aliphatic carbocycles. The van der Waals surface area contributed by atoms with Crippen LogP contribution in [0.15, 0.2) is 47.1 Å². The van der Waals surface area contributed by atoms with Crippen molar-refractivity contribution in [3.63, 3.8) is 0 Å². The van der Waals surface area contributed by atoms with E-state index in [1.807, 2.05) is 6.07 Å². The highest BCUT2D eigenvalue weighted by Gasteiger charge is 2.15. The summed E-state index contributed by atoms with van der Waals surface area (Å²) < 4.78 is 5.52. The largest absolute Gasteiger partial charge is 0.465 e. The number of esters is 1. The Morgan fingerprint density at radius 2 is 2.00 bits per heavy atom. The predicted molar refractivity (Wildman–Crippen MR) is 82.1 cm³/mol. The van der Waals surface area contributed by atoms with Crippen LogP contribution in [0.5, 0.6) is 0 Å². The van der Waals surface area contributed by atoms with E-state index in [0.29, 0.717) is 11.1 Å². The number of rotatable bonds is 5. The van der Waals surface area contributed by atoms with E-state index in [9.17, 15) is 9.59 Å². The number of benzene rings is 1. The van der Waals surface area contributed by atoms with Crippen molar-refractivity contribution in [2.75, 3.05) is 7.11 Å². The van der Waals surface area contributed by atoms with Gasteiger partial charge in [-0.3, -0.25) is 9.78 Å². The van der Waals surface area contributed by atoms with Crippen molar-refractivity contribution in [1.82, 2.24) is 4.98 Å². The lowest BCUT2D eigenvalue weighted by Crippen LogP contribution is -2.12. The van der Waals surface area contributed by atoms with Gasteiger partial charge in [-0.2, -0.15) is 0 Å². The number of nitrogens with zero attached hydrogens (tertiary/aromatic N) is 1. The highest BCUT2D eigenvalue weighted by Crippen LogP contribution is 2.19. The summed E-state index contributed by atoms with van der Waals surface area (Å²) in [5.74, 6) is -0.446. The lowest BCUT2D eigenvalue weighted by molar-refractivity contribution is -0.117. The van der Waals surface area contributed by atoms with E-state index in [2.05, 4.69) is 20.9 Å². The van der Waals surface area contributed by atoms with E-state index in [4.69, 9.17) is 4.74 Å². The molecule has 4 nitrogen and oxygen atoms in total. The molecule has 0 atom stereocenters. The van der Waals surface area contributed by atoms with Crippen molar-refractivity contribution >= 4 is 27.7 Å². The number of ketones is 1. The van der Waals surface area contributed by atoms with Crippen LogP contribution in [0.25, 0.3) is 0 Å². The fourth-order valence-electron chi connectivity index (χ4n) is 1.98. The minimum Gasteiger partial charge on any atom is -0.465 e.